The zero-order valence-corrected chi connectivity index (χ0v) is 48.7. The van der Waals surface area contributed by atoms with E-state index in [1.807, 2.05) is 0 Å². The molecule has 8 aromatic carbocycles. The third kappa shape index (κ3) is 24.5. The Bertz CT molecular complexity index is 2170. The quantitative estimate of drug-likeness (QED) is 0.157. The van der Waals surface area contributed by atoms with Crippen molar-refractivity contribution in [2.45, 2.75) is 0 Å². The maximum absolute atomic E-state index is 12.1. The van der Waals surface area contributed by atoms with Gasteiger partial charge in [-0.25, -0.2) is 0 Å². The van der Waals surface area contributed by atoms with Crippen LogP contribution in [0, 0.1) is 0 Å². The molecule has 0 bridgehead atoms. The first-order valence-electron chi connectivity index (χ1n) is 18.5. The van der Waals surface area contributed by atoms with Crippen molar-refractivity contribution in [1.29, 1.82) is 0 Å². The van der Waals surface area contributed by atoms with Crippen molar-refractivity contribution in [1.82, 2.24) is 0 Å². The number of benzene rings is 8. The molecule has 0 N–H and O–H groups in total. The van der Waals surface area contributed by atoms with Crippen LogP contribution in [0.2, 0.25) is 0 Å². The fourth-order valence-corrected chi connectivity index (χ4v) is 11.3. The molecule has 0 aliphatic carbocycles. The van der Waals surface area contributed by atoms with Gasteiger partial charge in [-0.15, -0.1) is 0 Å². The molecule has 0 aliphatic heterocycles. The van der Waals surface area contributed by atoms with Gasteiger partial charge in [0.05, 0.1) is 29.5 Å². The van der Waals surface area contributed by atoms with Gasteiger partial charge in [-0.05, 0) is 0 Å². The molecule has 0 amide bonds. The van der Waals surface area contributed by atoms with Crippen LogP contribution in [0.15, 0.2) is 243 Å². The average Bonchev–Trinajstić information content (AvgIpc) is 3.32. The molecule has 0 spiro atoms. The van der Waals surface area contributed by atoms with E-state index in [0.717, 1.165) is 0 Å². The third-order valence-electron chi connectivity index (χ3n) is 8.77. The molecule has 392 valence electrons. The predicted octanol–water partition coefficient (Wildman–Crippen LogP) is 4.14. The van der Waals surface area contributed by atoms with Crippen LogP contribution in [-0.4, -0.2) is 0 Å². The molecule has 0 heterocycles. The predicted molar refractivity (Wildman–Crippen MR) is 245 cm³/mol. The molecule has 16 nitrogen and oxygen atoms in total. The van der Waals surface area contributed by atoms with E-state index in [2.05, 4.69) is 0 Å². The number of rotatable bonds is 8. The van der Waals surface area contributed by atoms with Gasteiger partial charge in [0.25, 0.3) is 0 Å². The minimum atomic E-state index is -3.65. The molecule has 72 heavy (non-hydrogen) atoms. The van der Waals surface area contributed by atoms with Crippen LogP contribution in [0.5, 0.6) is 0 Å². The summed E-state index contributed by atoms with van der Waals surface area (Å²) in [6.45, 7) is 0. The largest absolute Gasteiger partial charge is 2.00 e. The summed E-state index contributed by atoms with van der Waals surface area (Å²) >= 11 is 0. The molecule has 0 fully saturated rings. The van der Waals surface area contributed by atoms with Gasteiger partial charge in [0, 0.05) is 127 Å². The SMILES string of the molecule is O=P([O-])(c1ccccc1)c1ccccc1.O=P([O-])(c1ccccc1)c1ccccc1.O=P([O-])(c1ccccc1)c1ccccc1.O=P([O-])(c1ccccc1)c1ccccc1.[Mo].[Mo].[Mo].[Mo].[O-2].[O-2].[O-2].[O-2].[O-2].[O-2].[O-2].[O-2]. The van der Waals surface area contributed by atoms with Crippen molar-refractivity contribution in [2.24, 2.45) is 0 Å². The maximum atomic E-state index is 12.1. The first-order valence-corrected chi connectivity index (χ1v) is 25.0. The van der Waals surface area contributed by atoms with E-state index < -0.39 is 29.5 Å². The summed E-state index contributed by atoms with van der Waals surface area (Å²) in [6, 6.07) is 67.8. The Labute approximate surface area is 476 Å². The monoisotopic (exact) mass is 1390 g/mol. The normalized spacial score (nSPS) is 9.39. The van der Waals surface area contributed by atoms with E-state index in [0.29, 0.717) is 42.4 Å². The Morgan fingerprint density at radius 2 is 0.250 bits per heavy atom. The summed E-state index contributed by atoms with van der Waals surface area (Å²) < 4.78 is 48.2. The molecule has 8 rings (SSSR count). The van der Waals surface area contributed by atoms with Crippen LogP contribution in [0.1, 0.15) is 0 Å². The Morgan fingerprint density at radius 3 is 0.319 bits per heavy atom. The van der Waals surface area contributed by atoms with Crippen molar-refractivity contribution in [3.8, 4) is 0 Å². The third-order valence-corrected chi connectivity index (χ3v) is 16.6. The van der Waals surface area contributed by atoms with Gasteiger partial charge in [-0.3, -0.25) is 0 Å². The van der Waals surface area contributed by atoms with E-state index in [1.165, 1.54) is 0 Å². The Hall–Kier alpha value is -3.05. The molecular weight excluding hydrogens is 1340 g/mol. The van der Waals surface area contributed by atoms with Crippen molar-refractivity contribution >= 4 is 71.9 Å². The van der Waals surface area contributed by atoms with Crippen LogP contribution in [0.25, 0.3) is 0 Å². The summed E-state index contributed by atoms with van der Waals surface area (Å²) in [7, 11) is -14.6. The molecule has 0 unspecified atom stereocenters. The van der Waals surface area contributed by atoms with Crippen LogP contribution < -0.4 is 62.0 Å². The Morgan fingerprint density at radius 1 is 0.181 bits per heavy atom. The molecule has 0 atom stereocenters. The zero-order chi connectivity index (χ0) is 42.9. The molecule has 0 aliphatic rings. The average molecular weight is 1380 g/mol. The molecular formula is C48H40Mo4O16P4-20. The van der Waals surface area contributed by atoms with Crippen molar-refractivity contribution in [2.75, 3.05) is 0 Å². The van der Waals surface area contributed by atoms with Gasteiger partial charge in [-0.2, -0.15) is 0 Å². The maximum Gasteiger partial charge on any atom is 0.0720 e. The topological polar surface area (TPSA) is 389 Å². The second kappa shape index (κ2) is 42.2. The Balaban J connectivity index is -0.000000120. The smallest absolute Gasteiger partial charge is 0.0720 e. The van der Waals surface area contributed by atoms with Crippen LogP contribution >= 0.6 is 29.5 Å². The van der Waals surface area contributed by atoms with E-state index in [9.17, 15) is 37.8 Å². The molecule has 0 aromatic heterocycles. The minimum absolute atomic E-state index is 0. The van der Waals surface area contributed by atoms with E-state index >= 15 is 0 Å². The van der Waals surface area contributed by atoms with Gasteiger partial charge in [0.2, 0.25) is 0 Å². The molecule has 24 heteroatoms. The standard InChI is InChI=1S/4C12H11O2P.4Mo.8O/c4*13-15(14,11-7-3-1-4-8-11)12-9-5-2-6-10-12;;;;;;;;;;;;/h4*1-10H,(H,13,14);;;;;;;;;;;;/q;;;;;;;;8*-2/p-4. The Kier molecular flexibility index (Phi) is 50.2. The minimum Gasteiger partial charge on any atom is -2.00 e. The van der Waals surface area contributed by atoms with Gasteiger partial charge < -0.3 is 81.6 Å². The number of hydrogen-bond donors (Lipinski definition) is 0. The molecule has 8 aromatic rings. The molecule has 0 saturated carbocycles. The van der Waals surface area contributed by atoms with Gasteiger partial charge in [-0.1, -0.05) is 243 Å². The van der Waals surface area contributed by atoms with Crippen LogP contribution in [0.4, 0.5) is 0 Å². The van der Waals surface area contributed by atoms with Crippen LogP contribution in [-0.2, 0) is 146 Å². The van der Waals surface area contributed by atoms with Gasteiger partial charge >= 0.3 is 0 Å². The fourth-order valence-electron chi connectivity index (χ4n) is 5.59. The van der Waals surface area contributed by atoms with Crippen LogP contribution in [0.3, 0.4) is 0 Å². The number of hydrogen-bond acceptors (Lipinski definition) is 8. The van der Waals surface area contributed by atoms with Gasteiger partial charge in [0.15, 0.2) is 0 Å². The fraction of sp³-hybridized carbons (Fsp3) is 0. The molecule has 0 radical (unpaired) electrons. The van der Waals surface area contributed by atoms with Crippen molar-refractivity contribution < 1.29 is 166 Å². The summed E-state index contributed by atoms with van der Waals surface area (Å²) in [5.74, 6) is 0. The second-order valence-corrected chi connectivity index (χ2v) is 21.4. The first-order chi connectivity index (χ1) is 28.8. The second-order valence-electron chi connectivity index (χ2n) is 12.9. The zero-order valence-electron chi connectivity index (χ0n) is 37.0. The van der Waals surface area contributed by atoms with E-state index in [4.69, 9.17) is 0 Å². The summed E-state index contributed by atoms with van der Waals surface area (Å²) in [4.78, 5) is 48.2. The first kappa shape index (κ1) is 85.7. The van der Waals surface area contributed by atoms with Gasteiger partial charge in [0.1, 0.15) is 0 Å². The summed E-state index contributed by atoms with van der Waals surface area (Å²) in [5, 5.41) is 2.86. The van der Waals surface area contributed by atoms with E-state index in [-0.39, 0.29) is 128 Å². The summed E-state index contributed by atoms with van der Waals surface area (Å²) in [6.07, 6.45) is 0. The molecule has 0 saturated heterocycles. The summed E-state index contributed by atoms with van der Waals surface area (Å²) in [5.41, 5.74) is 0. The van der Waals surface area contributed by atoms with Crippen molar-refractivity contribution in [3.63, 3.8) is 0 Å². The van der Waals surface area contributed by atoms with E-state index in [1.54, 1.807) is 243 Å². The van der Waals surface area contributed by atoms with Crippen molar-refractivity contribution in [3.05, 3.63) is 243 Å².